The van der Waals surface area contributed by atoms with Crippen LogP contribution in [0.4, 0.5) is 11.9 Å². The summed E-state index contributed by atoms with van der Waals surface area (Å²) < 4.78 is 1.36. The lowest BCUT2D eigenvalue weighted by molar-refractivity contribution is 0.864. The molecule has 0 fully saturated rings. The summed E-state index contributed by atoms with van der Waals surface area (Å²) in [5.41, 5.74) is 12.0. The minimum absolute atomic E-state index is 0.0845. The molecule has 18 heavy (non-hydrogen) atoms. The number of rotatable bonds is 1. The fourth-order valence-electron chi connectivity index (χ4n) is 1.68. The van der Waals surface area contributed by atoms with Gasteiger partial charge >= 0.3 is 0 Å². The van der Waals surface area contributed by atoms with Gasteiger partial charge in [0.1, 0.15) is 6.33 Å². The molecule has 2 aromatic heterocycles. The second kappa shape index (κ2) is 3.81. The molecule has 0 amide bonds. The van der Waals surface area contributed by atoms with Crippen molar-refractivity contribution in [2.45, 2.75) is 0 Å². The maximum atomic E-state index is 5.97. The summed E-state index contributed by atoms with van der Waals surface area (Å²) in [6.45, 7) is 0. The number of halogens is 1. The molecule has 0 saturated heterocycles. The van der Waals surface area contributed by atoms with E-state index in [9.17, 15) is 0 Å². The number of nitrogen functional groups attached to an aromatic ring is 2. The number of anilines is 2. The zero-order valence-corrected chi connectivity index (χ0v) is 9.83. The van der Waals surface area contributed by atoms with Gasteiger partial charge in [-0.1, -0.05) is 11.6 Å². The fourth-order valence-corrected chi connectivity index (χ4v) is 1.85. The molecule has 4 N–H and O–H groups in total. The van der Waals surface area contributed by atoms with Gasteiger partial charge in [-0.05, 0) is 18.2 Å². The predicted octanol–water partition coefficient (Wildman–Crippen LogP) is 1.03. The largest absolute Gasteiger partial charge is 0.368 e. The smallest absolute Gasteiger partial charge is 0.241 e. The number of hydrogen-bond donors (Lipinski definition) is 2. The van der Waals surface area contributed by atoms with Gasteiger partial charge in [0, 0.05) is 10.4 Å². The highest BCUT2D eigenvalue weighted by molar-refractivity contribution is 6.31. The van der Waals surface area contributed by atoms with Crippen LogP contribution < -0.4 is 11.5 Å². The molecule has 3 rings (SSSR count). The summed E-state index contributed by atoms with van der Waals surface area (Å²) in [5, 5.41) is 5.28. The first-order valence-corrected chi connectivity index (χ1v) is 5.41. The van der Waals surface area contributed by atoms with Crippen molar-refractivity contribution in [2.75, 3.05) is 11.5 Å². The lowest BCUT2D eigenvalue weighted by atomic mass is 10.2. The van der Waals surface area contributed by atoms with Gasteiger partial charge < -0.3 is 11.5 Å². The Morgan fingerprint density at radius 3 is 2.72 bits per heavy atom. The molecule has 0 aliphatic heterocycles. The van der Waals surface area contributed by atoms with E-state index in [0.29, 0.717) is 10.8 Å². The van der Waals surface area contributed by atoms with Crippen LogP contribution in [0.1, 0.15) is 0 Å². The third-order valence-corrected chi connectivity index (χ3v) is 2.66. The zero-order valence-electron chi connectivity index (χ0n) is 9.08. The van der Waals surface area contributed by atoms with Crippen LogP contribution in [-0.2, 0) is 0 Å². The second-order valence-corrected chi connectivity index (χ2v) is 4.04. The van der Waals surface area contributed by atoms with Crippen LogP contribution in [0.3, 0.4) is 0 Å². The van der Waals surface area contributed by atoms with Gasteiger partial charge in [0.25, 0.3) is 0 Å². The van der Waals surface area contributed by atoms with Crippen LogP contribution in [-0.4, -0.2) is 24.7 Å². The van der Waals surface area contributed by atoms with Gasteiger partial charge in [-0.25, -0.2) is 9.97 Å². The van der Waals surface area contributed by atoms with E-state index in [1.165, 1.54) is 11.0 Å². The first-order chi connectivity index (χ1) is 8.65. The molecule has 0 atom stereocenters. The van der Waals surface area contributed by atoms with Gasteiger partial charge in [0.2, 0.25) is 11.9 Å². The van der Waals surface area contributed by atoms with Crippen molar-refractivity contribution in [1.82, 2.24) is 24.7 Å². The number of nitrogens with zero attached hydrogens (tertiary/aromatic N) is 5. The molecular formula is C10H8ClN7. The highest BCUT2D eigenvalue weighted by atomic mass is 35.5. The number of nitrogens with two attached hydrogens (primary N) is 2. The maximum Gasteiger partial charge on any atom is 0.241 e. The Kier molecular flexibility index (Phi) is 2.27. The van der Waals surface area contributed by atoms with Crippen molar-refractivity contribution < 1.29 is 0 Å². The molecule has 0 aliphatic carbocycles. The molecule has 0 spiro atoms. The summed E-state index contributed by atoms with van der Waals surface area (Å²) in [4.78, 5) is 12.1. The Balaban J connectivity index is 2.35. The number of hydrogen-bond acceptors (Lipinski definition) is 6. The third-order valence-electron chi connectivity index (χ3n) is 2.43. The van der Waals surface area contributed by atoms with Gasteiger partial charge in [0.05, 0.1) is 5.52 Å². The molecule has 2 heterocycles. The number of fused-ring (bicyclic) bond motifs is 1. The quantitative estimate of drug-likeness (QED) is 0.677. The van der Waals surface area contributed by atoms with Gasteiger partial charge in [-0.15, -0.1) is 5.10 Å². The van der Waals surface area contributed by atoms with E-state index in [-0.39, 0.29) is 11.9 Å². The maximum absolute atomic E-state index is 5.97. The van der Waals surface area contributed by atoms with Crippen LogP contribution in [0.5, 0.6) is 0 Å². The average Bonchev–Trinajstić information content (AvgIpc) is 2.67. The zero-order chi connectivity index (χ0) is 12.7. The molecular weight excluding hydrogens is 254 g/mol. The normalized spacial score (nSPS) is 10.9. The van der Waals surface area contributed by atoms with Crippen LogP contribution in [0.25, 0.3) is 16.7 Å². The van der Waals surface area contributed by atoms with Gasteiger partial charge in [0.15, 0.2) is 5.82 Å². The third kappa shape index (κ3) is 1.61. The molecule has 8 heteroatoms. The highest BCUT2D eigenvalue weighted by Crippen LogP contribution is 2.23. The van der Waals surface area contributed by atoms with Crippen LogP contribution >= 0.6 is 11.6 Å². The Morgan fingerprint density at radius 1 is 1.17 bits per heavy atom. The molecule has 0 bridgehead atoms. The second-order valence-electron chi connectivity index (χ2n) is 3.60. The van der Waals surface area contributed by atoms with Crippen molar-refractivity contribution >= 4 is 34.4 Å². The standard InChI is InChI=1S/C10H8ClN7/c11-5-1-2-7-6(3-5)8(15-4-14-7)18-10(13)16-9(12)17-18/h1-4H,(H4,12,13,16,17). The predicted molar refractivity (Wildman–Crippen MR) is 68.3 cm³/mol. The van der Waals surface area contributed by atoms with E-state index >= 15 is 0 Å². The number of benzene rings is 1. The summed E-state index contributed by atoms with van der Waals surface area (Å²) in [6.07, 6.45) is 1.42. The first kappa shape index (κ1) is 10.7. The topological polar surface area (TPSA) is 109 Å². The SMILES string of the molecule is Nc1nc(N)n(-c2ncnc3ccc(Cl)cc23)n1. The molecule has 90 valence electrons. The molecule has 3 aromatic rings. The number of aromatic nitrogens is 5. The molecule has 0 radical (unpaired) electrons. The Labute approximate surface area is 106 Å². The van der Waals surface area contributed by atoms with Gasteiger partial charge in [-0.2, -0.15) is 9.67 Å². The lowest BCUT2D eigenvalue weighted by Crippen LogP contribution is -2.06. The average molecular weight is 262 g/mol. The van der Waals surface area contributed by atoms with Crippen molar-refractivity contribution in [3.63, 3.8) is 0 Å². The van der Waals surface area contributed by atoms with E-state index in [1.54, 1.807) is 18.2 Å². The van der Waals surface area contributed by atoms with E-state index < -0.39 is 0 Å². The Morgan fingerprint density at radius 2 is 2.00 bits per heavy atom. The summed E-state index contributed by atoms with van der Waals surface area (Å²) in [5.74, 6) is 0.734. The van der Waals surface area contributed by atoms with E-state index in [4.69, 9.17) is 23.1 Å². The van der Waals surface area contributed by atoms with Crippen LogP contribution in [0.15, 0.2) is 24.5 Å². The fraction of sp³-hybridized carbons (Fsp3) is 0. The molecule has 0 aliphatic rings. The van der Waals surface area contributed by atoms with E-state index in [1.807, 2.05) is 0 Å². The Hall–Kier alpha value is -2.41. The van der Waals surface area contributed by atoms with E-state index in [2.05, 4.69) is 20.1 Å². The highest BCUT2D eigenvalue weighted by Gasteiger charge is 2.12. The monoisotopic (exact) mass is 261 g/mol. The minimum Gasteiger partial charge on any atom is -0.368 e. The van der Waals surface area contributed by atoms with Crippen molar-refractivity contribution in [3.05, 3.63) is 29.5 Å². The summed E-state index contributed by atoms with van der Waals surface area (Å²) in [6, 6.07) is 5.28. The van der Waals surface area contributed by atoms with E-state index in [0.717, 1.165) is 10.9 Å². The molecule has 7 nitrogen and oxygen atoms in total. The van der Waals surface area contributed by atoms with Crippen molar-refractivity contribution in [3.8, 4) is 5.82 Å². The van der Waals surface area contributed by atoms with Crippen molar-refractivity contribution in [1.29, 1.82) is 0 Å². The summed E-state index contributed by atoms with van der Waals surface area (Å²) >= 11 is 5.97. The molecule has 0 unspecified atom stereocenters. The van der Waals surface area contributed by atoms with Crippen molar-refractivity contribution in [2.24, 2.45) is 0 Å². The van der Waals surface area contributed by atoms with Crippen LogP contribution in [0.2, 0.25) is 5.02 Å². The molecule has 0 saturated carbocycles. The lowest BCUT2D eigenvalue weighted by Gasteiger charge is -2.05. The minimum atomic E-state index is 0.0845. The van der Waals surface area contributed by atoms with Gasteiger partial charge in [-0.3, -0.25) is 0 Å². The van der Waals surface area contributed by atoms with Crippen LogP contribution in [0, 0.1) is 0 Å². The Bertz CT molecular complexity index is 736. The molecule has 1 aromatic carbocycles. The first-order valence-electron chi connectivity index (χ1n) is 5.04. The summed E-state index contributed by atoms with van der Waals surface area (Å²) in [7, 11) is 0.